The van der Waals surface area contributed by atoms with Crippen molar-refractivity contribution in [1.29, 1.82) is 0 Å². The molecular weight excluding hydrogens is 250 g/mol. The highest BCUT2D eigenvalue weighted by Crippen LogP contribution is 2.34. The van der Waals surface area contributed by atoms with Crippen LogP contribution in [0.4, 0.5) is 0 Å². The molecule has 0 bridgehead atoms. The zero-order valence-corrected chi connectivity index (χ0v) is 13.1. The Hall–Kier alpha value is -0.470. The Kier molecular flexibility index (Phi) is 6.25. The number of rotatable bonds is 6. The molecule has 1 nitrogen and oxygen atoms in total. The molecule has 1 saturated carbocycles. The summed E-state index contributed by atoms with van der Waals surface area (Å²) in [7, 11) is 2.02. The lowest BCUT2D eigenvalue weighted by atomic mass is 9.98. The summed E-state index contributed by atoms with van der Waals surface area (Å²) in [5.41, 5.74) is 1.48. The van der Waals surface area contributed by atoms with Gasteiger partial charge in [-0.25, -0.2) is 0 Å². The maximum absolute atomic E-state index is 3.23. The predicted octanol–water partition coefficient (Wildman–Crippen LogP) is 4.82. The summed E-state index contributed by atoms with van der Waals surface area (Å²) in [6.45, 7) is 3.42. The SMILES string of the molecule is CNCCC(C)c1ccc(SC2CCCCC2)cc1. The normalized spacial score (nSPS) is 18.4. The van der Waals surface area contributed by atoms with Crippen LogP contribution in [0.2, 0.25) is 0 Å². The van der Waals surface area contributed by atoms with Gasteiger partial charge in [0, 0.05) is 10.1 Å². The molecule has 1 aliphatic carbocycles. The van der Waals surface area contributed by atoms with Crippen LogP contribution in [-0.4, -0.2) is 18.8 Å². The van der Waals surface area contributed by atoms with E-state index in [2.05, 4.69) is 48.3 Å². The molecule has 0 radical (unpaired) electrons. The van der Waals surface area contributed by atoms with Crippen LogP contribution in [0.1, 0.15) is 56.9 Å². The Morgan fingerprint density at radius 1 is 1.16 bits per heavy atom. The molecule has 0 spiro atoms. The van der Waals surface area contributed by atoms with Gasteiger partial charge in [-0.3, -0.25) is 0 Å². The molecule has 1 fully saturated rings. The van der Waals surface area contributed by atoms with Gasteiger partial charge in [-0.2, -0.15) is 0 Å². The van der Waals surface area contributed by atoms with Crippen LogP contribution in [0.25, 0.3) is 0 Å². The lowest BCUT2D eigenvalue weighted by Gasteiger charge is -2.21. The maximum atomic E-state index is 3.23. The van der Waals surface area contributed by atoms with Crippen molar-refractivity contribution in [3.8, 4) is 0 Å². The topological polar surface area (TPSA) is 12.0 Å². The minimum Gasteiger partial charge on any atom is -0.320 e. The van der Waals surface area contributed by atoms with E-state index in [4.69, 9.17) is 0 Å². The van der Waals surface area contributed by atoms with Crippen LogP contribution < -0.4 is 5.32 Å². The smallest absolute Gasteiger partial charge is 0.00944 e. The Labute approximate surface area is 122 Å². The highest BCUT2D eigenvalue weighted by Gasteiger charge is 2.14. The zero-order valence-electron chi connectivity index (χ0n) is 12.3. The van der Waals surface area contributed by atoms with Crippen molar-refractivity contribution in [2.75, 3.05) is 13.6 Å². The Morgan fingerprint density at radius 2 is 1.84 bits per heavy atom. The summed E-state index contributed by atoms with van der Waals surface area (Å²) in [6, 6.07) is 9.30. The fourth-order valence-electron chi connectivity index (χ4n) is 2.78. The molecule has 2 heteroatoms. The fraction of sp³-hybridized carbons (Fsp3) is 0.647. The molecule has 1 aliphatic rings. The van der Waals surface area contributed by atoms with Gasteiger partial charge in [0.1, 0.15) is 0 Å². The van der Waals surface area contributed by atoms with Gasteiger partial charge in [-0.15, -0.1) is 11.8 Å². The number of hydrogen-bond acceptors (Lipinski definition) is 2. The molecule has 1 N–H and O–H groups in total. The van der Waals surface area contributed by atoms with Crippen LogP contribution >= 0.6 is 11.8 Å². The van der Waals surface area contributed by atoms with Gasteiger partial charge in [0.05, 0.1) is 0 Å². The minimum atomic E-state index is 0.654. The summed E-state index contributed by atoms with van der Waals surface area (Å²) in [6.07, 6.45) is 8.33. The lowest BCUT2D eigenvalue weighted by molar-refractivity contribution is 0.516. The molecule has 0 amide bonds. The average molecular weight is 277 g/mol. The molecule has 106 valence electrons. The van der Waals surface area contributed by atoms with Gasteiger partial charge >= 0.3 is 0 Å². The third kappa shape index (κ3) is 4.85. The van der Waals surface area contributed by atoms with Gasteiger partial charge in [0.25, 0.3) is 0 Å². The Balaban J connectivity index is 1.86. The molecule has 1 aromatic carbocycles. The molecule has 0 aliphatic heterocycles. The van der Waals surface area contributed by atoms with E-state index in [1.165, 1.54) is 49.0 Å². The second-order valence-corrected chi connectivity index (χ2v) is 7.11. The molecule has 1 atom stereocenters. The third-order valence-electron chi connectivity index (χ3n) is 4.13. The van der Waals surface area contributed by atoms with Gasteiger partial charge in [0.2, 0.25) is 0 Å². The summed E-state index contributed by atoms with van der Waals surface area (Å²) < 4.78 is 0. The standard InChI is InChI=1S/C17H27NS/c1-14(12-13-18-2)15-8-10-17(11-9-15)19-16-6-4-3-5-7-16/h8-11,14,16,18H,3-7,12-13H2,1-2H3. The number of benzene rings is 1. The van der Waals surface area contributed by atoms with Crippen LogP contribution in [-0.2, 0) is 0 Å². The molecule has 2 rings (SSSR count). The van der Waals surface area contributed by atoms with E-state index in [9.17, 15) is 0 Å². The molecule has 0 saturated heterocycles. The molecule has 0 heterocycles. The van der Waals surface area contributed by atoms with E-state index in [-0.39, 0.29) is 0 Å². The fourth-order valence-corrected chi connectivity index (χ4v) is 4.03. The monoisotopic (exact) mass is 277 g/mol. The second kappa shape index (κ2) is 7.96. The lowest BCUT2D eigenvalue weighted by Crippen LogP contribution is -2.10. The molecule has 0 aromatic heterocycles. The first-order valence-electron chi connectivity index (χ1n) is 7.71. The van der Waals surface area contributed by atoms with E-state index in [1.807, 2.05) is 7.05 Å². The number of hydrogen-bond donors (Lipinski definition) is 1. The molecular formula is C17H27NS. The van der Waals surface area contributed by atoms with Crippen LogP contribution in [0.3, 0.4) is 0 Å². The van der Waals surface area contributed by atoms with Crippen molar-refractivity contribution >= 4 is 11.8 Å². The second-order valence-electron chi connectivity index (χ2n) is 5.74. The van der Waals surface area contributed by atoms with E-state index < -0.39 is 0 Å². The predicted molar refractivity (Wildman–Crippen MR) is 86.1 cm³/mol. The van der Waals surface area contributed by atoms with Gasteiger partial charge in [-0.1, -0.05) is 38.3 Å². The first kappa shape index (κ1) is 14.9. The van der Waals surface area contributed by atoms with Crippen molar-refractivity contribution < 1.29 is 0 Å². The first-order chi connectivity index (χ1) is 9.29. The molecule has 1 unspecified atom stereocenters. The summed E-state index contributed by atoms with van der Waals surface area (Å²) in [5, 5.41) is 4.09. The van der Waals surface area contributed by atoms with E-state index in [0.717, 1.165) is 11.8 Å². The van der Waals surface area contributed by atoms with Crippen molar-refractivity contribution in [2.45, 2.75) is 61.5 Å². The first-order valence-corrected chi connectivity index (χ1v) is 8.59. The largest absolute Gasteiger partial charge is 0.320 e. The Bertz CT molecular complexity index is 354. The maximum Gasteiger partial charge on any atom is 0.00944 e. The van der Waals surface area contributed by atoms with Crippen LogP contribution in [0.5, 0.6) is 0 Å². The van der Waals surface area contributed by atoms with Gasteiger partial charge < -0.3 is 5.32 Å². The minimum absolute atomic E-state index is 0.654. The Morgan fingerprint density at radius 3 is 2.47 bits per heavy atom. The summed E-state index contributed by atoms with van der Waals surface area (Å²) in [5.74, 6) is 0.654. The highest BCUT2D eigenvalue weighted by atomic mass is 32.2. The number of thioether (sulfide) groups is 1. The van der Waals surface area contributed by atoms with Gasteiger partial charge in [0.15, 0.2) is 0 Å². The molecule has 1 aromatic rings. The third-order valence-corrected chi connectivity index (χ3v) is 5.48. The summed E-state index contributed by atoms with van der Waals surface area (Å²) in [4.78, 5) is 1.46. The van der Waals surface area contributed by atoms with Gasteiger partial charge in [-0.05, 0) is 56.5 Å². The average Bonchev–Trinajstić information content (AvgIpc) is 2.46. The highest BCUT2D eigenvalue weighted by molar-refractivity contribution is 8.00. The van der Waals surface area contributed by atoms with E-state index in [0.29, 0.717) is 5.92 Å². The van der Waals surface area contributed by atoms with E-state index >= 15 is 0 Å². The van der Waals surface area contributed by atoms with Crippen LogP contribution in [0.15, 0.2) is 29.2 Å². The van der Waals surface area contributed by atoms with Crippen LogP contribution in [0, 0.1) is 0 Å². The molecule has 19 heavy (non-hydrogen) atoms. The summed E-state index contributed by atoms with van der Waals surface area (Å²) >= 11 is 2.09. The number of nitrogens with one attached hydrogen (secondary N) is 1. The van der Waals surface area contributed by atoms with Crippen molar-refractivity contribution in [3.63, 3.8) is 0 Å². The van der Waals surface area contributed by atoms with Crippen molar-refractivity contribution in [2.24, 2.45) is 0 Å². The van der Waals surface area contributed by atoms with Crippen molar-refractivity contribution in [3.05, 3.63) is 29.8 Å². The van der Waals surface area contributed by atoms with Crippen molar-refractivity contribution in [1.82, 2.24) is 5.32 Å². The van der Waals surface area contributed by atoms with E-state index in [1.54, 1.807) is 0 Å². The zero-order chi connectivity index (χ0) is 13.5. The quantitative estimate of drug-likeness (QED) is 0.799.